The molecule has 0 aromatic carbocycles. The quantitative estimate of drug-likeness (QED) is 0.504. The second-order valence-electron chi connectivity index (χ2n) is 14.5. The van der Waals surface area contributed by atoms with Gasteiger partial charge in [-0.1, -0.05) is 55.4 Å². The lowest BCUT2D eigenvalue weighted by Gasteiger charge is -2.73. The summed E-state index contributed by atoms with van der Waals surface area (Å²) in [7, 11) is 0. The number of hydrogen-bond acceptors (Lipinski definition) is 4. The molecule has 0 amide bonds. The van der Waals surface area contributed by atoms with Crippen molar-refractivity contribution in [1.29, 1.82) is 0 Å². The minimum atomic E-state index is -1.58. The molecule has 0 aromatic rings. The first kappa shape index (κ1) is 26.3. The summed E-state index contributed by atoms with van der Waals surface area (Å²) in [5.41, 5.74) is -2.29. The van der Waals surface area contributed by atoms with Gasteiger partial charge in [0.1, 0.15) is 11.4 Å². The normalized spacial score (nSPS) is 51.6. The zero-order valence-electron chi connectivity index (χ0n) is 23.1. The standard InChI is InChI=1S/C30H50O4/c1-19(2)9-10-22(32)20(3)30(34)24(33)18-27(6)23-12-13-25(4)17-21(31)11-14-28(25,7)26(23,5)15-16-29(27,30)8/h19-21,23,31,34H,9-18H2,1-8H3/t20-,21+,23?,25+,26+,27+,28+,29+,30-/m1/s1. The van der Waals surface area contributed by atoms with Crippen LogP contribution in [0.25, 0.3) is 0 Å². The second-order valence-corrected chi connectivity index (χ2v) is 14.5. The predicted octanol–water partition coefficient (Wildman–Crippen LogP) is 6.11. The molecule has 0 radical (unpaired) electrons. The van der Waals surface area contributed by atoms with Gasteiger partial charge in [-0.3, -0.25) is 9.59 Å². The molecule has 4 saturated carbocycles. The molecular formula is C30H50O4. The molecule has 0 aromatic heterocycles. The van der Waals surface area contributed by atoms with Crippen LogP contribution in [0.3, 0.4) is 0 Å². The van der Waals surface area contributed by atoms with Crippen LogP contribution in [0.15, 0.2) is 0 Å². The van der Waals surface area contributed by atoms with Crippen molar-refractivity contribution >= 4 is 11.6 Å². The molecule has 0 bridgehead atoms. The van der Waals surface area contributed by atoms with Crippen molar-refractivity contribution < 1.29 is 19.8 Å². The predicted molar refractivity (Wildman–Crippen MR) is 135 cm³/mol. The Bertz CT molecular complexity index is 866. The van der Waals surface area contributed by atoms with Crippen LogP contribution in [-0.2, 0) is 9.59 Å². The molecule has 4 fully saturated rings. The molecule has 0 heterocycles. The summed E-state index contributed by atoms with van der Waals surface area (Å²) in [5, 5.41) is 22.8. The third-order valence-electron chi connectivity index (χ3n) is 13.1. The number of fused-ring (bicyclic) bond motifs is 5. The van der Waals surface area contributed by atoms with Crippen molar-refractivity contribution in [2.75, 3.05) is 0 Å². The van der Waals surface area contributed by atoms with Crippen molar-refractivity contribution in [1.82, 2.24) is 0 Å². The van der Waals surface area contributed by atoms with Gasteiger partial charge in [0.25, 0.3) is 0 Å². The molecule has 4 nitrogen and oxygen atoms in total. The Labute approximate surface area is 207 Å². The van der Waals surface area contributed by atoms with E-state index in [2.05, 4.69) is 48.5 Å². The van der Waals surface area contributed by atoms with Crippen molar-refractivity contribution in [3.63, 3.8) is 0 Å². The Morgan fingerprint density at radius 2 is 1.59 bits per heavy atom. The Balaban J connectivity index is 1.73. The minimum Gasteiger partial charge on any atom is -0.393 e. The SMILES string of the molecule is CC(C)CCC(=O)[C@@H](C)[C@@]1(O)C(=O)C[C@@]2(C)C3CC[C@@]4(C)C[C@@H](O)CC[C@]4(C)[C@@]3(C)CC[C@@]21C. The maximum Gasteiger partial charge on any atom is 0.166 e. The molecule has 4 aliphatic rings. The highest BCUT2D eigenvalue weighted by molar-refractivity contribution is 5.98. The van der Waals surface area contributed by atoms with Crippen LogP contribution in [0.4, 0.5) is 0 Å². The zero-order valence-corrected chi connectivity index (χ0v) is 23.1. The van der Waals surface area contributed by atoms with E-state index in [0.717, 1.165) is 51.4 Å². The van der Waals surface area contributed by atoms with E-state index in [1.807, 2.05) is 6.92 Å². The fraction of sp³-hybridized carbons (Fsp3) is 0.933. The summed E-state index contributed by atoms with van der Waals surface area (Å²) < 4.78 is 0. The summed E-state index contributed by atoms with van der Waals surface area (Å²) in [5.74, 6) is 0.0114. The summed E-state index contributed by atoms with van der Waals surface area (Å²) >= 11 is 0. The van der Waals surface area contributed by atoms with Crippen LogP contribution in [0, 0.1) is 44.8 Å². The lowest BCUT2D eigenvalue weighted by Crippen LogP contribution is -2.68. The lowest BCUT2D eigenvalue weighted by atomic mass is 9.32. The van der Waals surface area contributed by atoms with E-state index < -0.39 is 16.9 Å². The maximum atomic E-state index is 13.8. The number of aliphatic hydroxyl groups is 2. The Morgan fingerprint density at radius 3 is 2.21 bits per heavy atom. The van der Waals surface area contributed by atoms with Crippen LogP contribution in [0.1, 0.15) is 120 Å². The van der Waals surface area contributed by atoms with E-state index in [-0.39, 0.29) is 39.3 Å². The van der Waals surface area contributed by atoms with Crippen LogP contribution >= 0.6 is 0 Å². The van der Waals surface area contributed by atoms with Gasteiger partial charge in [0.05, 0.1) is 12.0 Å². The Morgan fingerprint density at radius 1 is 0.941 bits per heavy atom. The van der Waals surface area contributed by atoms with Gasteiger partial charge in [-0.2, -0.15) is 0 Å². The molecule has 1 unspecified atom stereocenters. The van der Waals surface area contributed by atoms with E-state index in [1.54, 1.807) is 0 Å². The number of hydrogen-bond donors (Lipinski definition) is 2. The molecule has 2 N–H and O–H groups in total. The van der Waals surface area contributed by atoms with Crippen molar-refractivity contribution in [3.8, 4) is 0 Å². The molecule has 0 saturated heterocycles. The van der Waals surface area contributed by atoms with Crippen LogP contribution < -0.4 is 0 Å². The van der Waals surface area contributed by atoms with E-state index in [1.165, 1.54) is 0 Å². The summed E-state index contributed by atoms with van der Waals surface area (Å²) in [6, 6.07) is 0. The smallest absolute Gasteiger partial charge is 0.166 e. The van der Waals surface area contributed by atoms with Gasteiger partial charge in [0.2, 0.25) is 0 Å². The average Bonchev–Trinajstić information content (AvgIpc) is 2.91. The molecule has 4 heteroatoms. The fourth-order valence-corrected chi connectivity index (χ4v) is 10.1. The molecule has 9 atom stereocenters. The van der Waals surface area contributed by atoms with Crippen LogP contribution in [0.2, 0.25) is 0 Å². The van der Waals surface area contributed by atoms with Gasteiger partial charge < -0.3 is 10.2 Å². The van der Waals surface area contributed by atoms with Crippen molar-refractivity contribution in [2.24, 2.45) is 44.8 Å². The number of ketones is 2. The topological polar surface area (TPSA) is 74.6 Å². The van der Waals surface area contributed by atoms with Gasteiger partial charge in [0, 0.05) is 18.3 Å². The van der Waals surface area contributed by atoms with Crippen molar-refractivity contribution in [2.45, 2.75) is 131 Å². The summed E-state index contributed by atoms with van der Waals surface area (Å²) in [6.45, 7) is 17.7. The largest absolute Gasteiger partial charge is 0.393 e. The number of carbonyl (C=O) groups is 2. The van der Waals surface area contributed by atoms with Gasteiger partial charge in [-0.15, -0.1) is 0 Å². The highest BCUT2D eigenvalue weighted by Crippen LogP contribution is 2.79. The van der Waals surface area contributed by atoms with E-state index >= 15 is 0 Å². The van der Waals surface area contributed by atoms with E-state index in [0.29, 0.717) is 24.7 Å². The first-order valence-corrected chi connectivity index (χ1v) is 14.0. The number of Topliss-reactive ketones (excluding diaryl/α,β-unsaturated/α-hetero) is 2. The lowest BCUT2D eigenvalue weighted by molar-refractivity contribution is -0.260. The maximum absolute atomic E-state index is 13.8. The number of carbonyl (C=O) groups excluding carboxylic acids is 2. The monoisotopic (exact) mass is 474 g/mol. The molecule has 4 aliphatic carbocycles. The number of aliphatic hydroxyl groups excluding tert-OH is 1. The molecule has 0 spiro atoms. The number of rotatable bonds is 5. The molecular weight excluding hydrogens is 424 g/mol. The summed E-state index contributed by atoms with van der Waals surface area (Å²) in [4.78, 5) is 27.0. The zero-order chi connectivity index (χ0) is 25.5. The van der Waals surface area contributed by atoms with E-state index in [4.69, 9.17) is 0 Å². The van der Waals surface area contributed by atoms with Crippen molar-refractivity contribution in [3.05, 3.63) is 0 Å². The average molecular weight is 475 g/mol. The third-order valence-corrected chi connectivity index (χ3v) is 13.1. The highest BCUT2D eigenvalue weighted by atomic mass is 16.3. The van der Waals surface area contributed by atoms with Gasteiger partial charge >= 0.3 is 0 Å². The first-order valence-electron chi connectivity index (χ1n) is 14.0. The van der Waals surface area contributed by atoms with E-state index in [9.17, 15) is 19.8 Å². The Hall–Kier alpha value is -0.740. The van der Waals surface area contributed by atoms with Gasteiger partial charge in [-0.25, -0.2) is 0 Å². The molecule has 0 aliphatic heterocycles. The molecule has 4 rings (SSSR count). The minimum absolute atomic E-state index is 0.0350. The molecule has 194 valence electrons. The summed E-state index contributed by atoms with van der Waals surface area (Å²) in [6.07, 6.45) is 7.96. The molecule has 34 heavy (non-hydrogen) atoms. The second kappa shape index (κ2) is 7.88. The van der Waals surface area contributed by atoms with Gasteiger partial charge in [-0.05, 0) is 84.9 Å². The van der Waals surface area contributed by atoms with Crippen LogP contribution in [0.5, 0.6) is 0 Å². The third kappa shape index (κ3) is 3.03. The first-order chi connectivity index (χ1) is 15.5. The van der Waals surface area contributed by atoms with Crippen LogP contribution in [-0.4, -0.2) is 33.5 Å². The van der Waals surface area contributed by atoms with Gasteiger partial charge in [0.15, 0.2) is 5.78 Å². The fourth-order valence-electron chi connectivity index (χ4n) is 10.1. The Kier molecular flexibility index (Phi) is 6.10. The highest BCUT2D eigenvalue weighted by Gasteiger charge is 2.78.